The molecule has 0 spiro atoms. The number of rotatable bonds is 6. The molecule has 1 aliphatic carbocycles. The van der Waals surface area contributed by atoms with Crippen LogP contribution in [0.15, 0.2) is 29.3 Å². The molecule has 4 nitrogen and oxygen atoms in total. The fourth-order valence-electron chi connectivity index (χ4n) is 2.82. The van der Waals surface area contributed by atoms with E-state index in [9.17, 15) is 5.11 Å². The lowest BCUT2D eigenvalue weighted by atomic mass is 10.1. The number of aliphatic imine (C=N–C) groups is 1. The number of halogens is 2. The number of hydrogen-bond acceptors (Lipinski definition) is 3. The van der Waals surface area contributed by atoms with E-state index in [1.807, 2.05) is 36.9 Å². The molecule has 0 radical (unpaired) electrons. The van der Waals surface area contributed by atoms with Crippen molar-refractivity contribution in [1.82, 2.24) is 10.6 Å². The number of hydrogen-bond donors (Lipinski definition) is 3. The summed E-state index contributed by atoms with van der Waals surface area (Å²) in [6, 6.07) is 7.81. The molecule has 1 fully saturated rings. The Balaban J connectivity index is 0.00000288. The van der Waals surface area contributed by atoms with Crippen LogP contribution in [0.25, 0.3) is 0 Å². The highest BCUT2D eigenvalue weighted by Gasteiger charge is 2.24. The van der Waals surface area contributed by atoms with Crippen LogP contribution < -0.4 is 10.6 Å². The molecule has 3 atom stereocenters. The average molecular weight is 484 g/mol. The van der Waals surface area contributed by atoms with Crippen LogP contribution in [-0.4, -0.2) is 41.7 Å². The van der Waals surface area contributed by atoms with Gasteiger partial charge in [0.1, 0.15) is 6.10 Å². The van der Waals surface area contributed by atoms with Gasteiger partial charge in [-0.3, -0.25) is 4.99 Å². The van der Waals surface area contributed by atoms with Gasteiger partial charge in [-0.2, -0.15) is 11.8 Å². The normalized spacial score (nSPS) is 21.9. The Morgan fingerprint density at radius 2 is 2.17 bits per heavy atom. The van der Waals surface area contributed by atoms with Gasteiger partial charge in [0, 0.05) is 28.4 Å². The van der Waals surface area contributed by atoms with E-state index < -0.39 is 6.10 Å². The fraction of sp³-hybridized carbons (Fsp3) is 0.588. The lowest BCUT2D eigenvalue weighted by Gasteiger charge is -2.18. The smallest absolute Gasteiger partial charge is 0.191 e. The molecule has 7 heteroatoms. The molecule has 1 aromatic carbocycles. The Hall–Kier alpha value is -0.180. The van der Waals surface area contributed by atoms with Gasteiger partial charge < -0.3 is 15.7 Å². The van der Waals surface area contributed by atoms with Crippen molar-refractivity contribution in [3.63, 3.8) is 0 Å². The van der Waals surface area contributed by atoms with Gasteiger partial charge in [-0.25, -0.2) is 0 Å². The first-order chi connectivity index (χ1) is 11.1. The molecule has 2 rings (SSSR count). The van der Waals surface area contributed by atoms with Crippen LogP contribution in [0.1, 0.15) is 37.9 Å². The van der Waals surface area contributed by atoms with Crippen molar-refractivity contribution in [1.29, 1.82) is 0 Å². The first kappa shape index (κ1) is 21.9. The maximum Gasteiger partial charge on any atom is 0.191 e. The van der Waals surface area contributed by atoms with Crippen molar-refractivity contribution >= 4 is 53.3 Å². The maximum atomic E-state index is 10.3. The van der Waals surface area contributed by atoms with Crippen molar-refractivity contribution in [2.24, 2.45) is 4.99 Å². The third-order valence-corrected chi connectivity index (χ3v) is 5.53. The Kier molecular flexibility index (Phi) is 10.4. The predicted molar refractivity (Wildman–Crippen MR) is 116 cm³/mol. The summed E-state index contributed by atoms with van der Waals surface area (Å²) in [6.45, 7) is 3.13. The standard InChI is InChI=1S/C17H26ClN3OS.HI/c1-3-19-17(21-12-8-9-13(10-12)23-2)20-11-16(22)14-6-4-5-7-15(14)18;/h4-7,12-13,16,22H,3,8-11H2,1-2H3,(H2,19,20,21);1H. The van der Waals surface area contributed by atoms with Crippen molar-refractivity contribution in [2.75, 3.05) is 19.3 Å². The summed E-state index contributed by atoms with van der Waals surface area (Å²) in [4.78, 5) is 4.52. The topological polar surface area (TPSA) is 56.7 Å². The summed E-state index contributed by atoms with van der Waals surface area (Å²) in [7, 11) is 0. The maximum absolute atomic E-state index is 10.3. The van der Waals surface area contributed by atoms with Crippen molar-refractivity contribution in [3.8, 4) is 0 Å². The van der Waals surface area contributed by atoms with Gasteiger partial charge in [-0.15, -0.1) is 24.0 Å². The highest BCUT2D eigenvalue weighted by atomic mass is 127. The lowest BCUT2D eigenvalue weighted by molar-refractivity contribution is 0.187. The Bertz CT molecular complexity index is 532. The summed E-state index contributed by atoms with van der Waals surface area (Å²) < 4.78 is 0. The Labute approximate surface area is 171 Å². The number of nitrogens with one attached hydrogen (secondary N) is 2. The second-order valence-electron chi connectivity index (χ2n) is 5.77. The van der Waals surface area contributed by atoms with E-state index in [2.05, 4.69) is 21.9 Å². The van der Waals surface area contributed by atoms with Crippen LogP contribution in [-0.2, 0) is 0 Å². The second-order valence-corrected chi connectivity index (χ2v) is 7.31. The van der Waals surface area contributed by atoms with Crippen molar-refractivity contribution in [3.05, 3.63) is 34.9 Å². The molecule has 0 aromatic heterocycles. The molecule has 0 bridgehead atoms. The monoisotopic (exact) mass is 483 g/mol. The molecule has 136 valence electrons. The Morgan fingerprint density at radius 3 is 2.79 bits per heavy atom. The number of aliphatic hydroxyl groups excluding tert-OH is 1. The van der Waals surface area contributed by atoms with Gasteiger partial charge in [-0.05, 0) is 38.5 Å². The zero-order valence-corrected chi connectivity index (χ0v) is 18.1. The minimum Gasteiger partial charge on any atom is -0.386 e. The van der Waals surface area contributed by atoms with Gasteiger partial charge in [0.05, 0.1) is 6.54 Å². The zero-order valence-electron chi connectivity index (χ0n) is 14.2. The summed E-state index contributed by atoms with van der Waals surface area (Å²) in [5.41, 5.74) is 0.720. The molecule has 0 amide bonds. The van der Waals surface area contributed by atoms with E-state index in [0.717, 1.165) is 23.3 Å². The van der Waals surface area contributed by atoms with E-state index in [4.69, 9.17) is 11.6 Å². The molecule has 1 saturated carbocycles. The van der Waals surface area contributed by atoms with Gasteiger partial charge in [0.15, 0.2) is 5.96 Å². The zero-order chi connectivity index (χ0) is 16.7. The SMILES string of the molecule is CCNC(=NCC(O)c1ccccc1Cl)NC1CCC(SC)C1.I. The van der Waals surface area contributed by atoms with Crippen LogP contribution >= 0.6 is 47.3 Å². The second kappa shape index (κ2) is 11.4. The molecule has 0 saturated heterocycles. The van der Waals surface area contributed by atoms with Crippen LogP contribution in [0, 0.1) is 0 Å². The summed E-state index contributed by atoms with van der Waals surface area (Å²) >= 11 is 8.06. The van der Waals surface area contributed by atoms with E-state index in [1.54, 1.807) is 6.07 Å². The Morgan fingerprint density at radius 1 is 1.42 bits per heavy atom. The number of guanidine groups is 1. The quantitative estimate of drug-likeness (QED) is 0.327. The molecule has 1 aromatic rings. The molecular formula is C17H27ClIN3OS. The average Bonchev–Trinajstić information content (AvgIpc) is 3.00. The number of nitrogens with zero attached hydrogens (tertiary/aromatic N) is 1. The largest absolute Gasteiger partial charge is 0.386 e. The van der Waals surface area contributed by atoms with E-state index in [0.29, 0.717) is 11.1 Å². The highest BCUT2D eigenvalue weighted by Crippen LogP contribution is 2.28. The van der Waals surface area contributed by atoms with Crippen molar-refractivity contribution in [2.45, 2.75) is 43.6 Å². The van der Waals surface area contributed by atoms with Gasteiger partial charge >= 0.3 is 0 Å². The van der Waals surface area contributed by atoms with Gasteiger partial charge in [0.2, 0.25) is 0 Å². The third-order valence-electron chi connectivity index (χ3n) is 4.09. The molecule has 0 aliphatic heterocycles. The van der Waals surface area contributed by atoms with E-state index >= 15 is 0 Å². The fourth-order valence-corrected chi connectivity index (χ4v) is 3.88. The molecule has 1 aliphatic rings. The molecule has 3 N–H and O–H groups in total. The minimum atomic E-state index is -0.693. The molecule has 3 unspecified atom stereocenters. The van der Waals surface area contributed by atoms with Gasteiger partial charge in [0.25, 0.3) is 0 Å². The predicted octanol–water partition coefficient (Wildman–Crippen LogP) is 3.83. The molecule has 0 heterocycles. The summed E-state index contributed by atoms with van der Waals surface area (Å²) in [6.07, 6.45) is 5.07. The number of thioether (sulfide) groups is 1. The van der Waals surface area contributed by atoms with Gasteiger partial charge in [-0.1, -0.05) is 29.8 Å². The van der Waals surface area contributed by atoms with Crippen LogP contribution in [0.4, 0.5) is 0 Å². The summed E-state index contributed by atoms with van der Waals surface area (Å²) in [5.74, 6) is 0.769. The number of benzene rings is 1. The minimum absolute atomic E-state index is 0. The van der Waals surface area contributed by atoms with E-state index in [1.165, 1.54) is 19.3 Å². The molecule has 24 heavy (non-hydrogen) atoms. The number of aliphatic hydroxyl groups is 1. The lowest BCUT2D eigenvalue weighted by Crippen LogP contribution is -2.42. The first-order valence-electron chi connectivity index (χ1n) is 8.14. The van der Waals surface area contributed by atoms with Crippen LogP contribution in [0.3, 0.4) is 0 Å². The highest BCUT2D eigenvalue weighted by molar-refractivity contribution is 14.0. The first-order valence-corrected chi connectivity index (χ1v) is 9.80. The van der Waals surface area contributed by atoms with Crippen LogP contribution in [0.2, 0.25) is 5.02 Å². The summed E-state index contributed by atoms with van der Waals surface area (Å²) in [5, 5.41) is 18.4. The van der Waals surface area contributed by atoms with Crippen LogP contribution in [0.5, 0.6) is 0 Å². The third kappa shape index (κ3) is 6.61. The van der Waals surface area contributed by atoms with E-state index in [-0.39, 0.29) is 30.5 Å². The van der Waals surface area contributed by atoms with Crippen molar-refractivity contribution < 1.29 is 5.11 Å². The molecular weight excluding hydrogens is 457 g/mol.